The summed E-state index contributed by atoms with van der Waals surface area (Å²) in [5.74, 6) is 0.621. The summed E-state index contributed by atoms with van der Waals surface area (Å²) in [5.41, 5.74) is 0. The van der Waals surface area contributed by atoms with Crippen LogP contribution in [0, 0.1) is 5.41 Å². The minimum absolute atomic E-state index is 0.0953. The summed E-state index contributed by atoms with van der Waals surface area (Å²) in [6, 6.07) is 0. The van der Waals surface area contributed by atoms with Crippen molar-refractivity contribution in [3.05, 3.63) is 12.3 Å². The number of carbonyl (C=O) groups is 1. The first-order chi connectivity index (χ1) is 6.06. The average molecular weight is 184 g/mol. The Bertz CT molecular complexity index is 212. The van der Waals surface area contributed by atoms with Crippen molar-refractivity contribution in [2.24, 2.45) is 0 Å². The van der Waals surface area contributed by atoms with Gasteiger partial charge < -0.3 is 10.1 Å². The fraction of sp³-hybridized carbons (Fsp3) is 0.556. The molecule has 0 unspecified atom stereocenters. The predicted octanol–water partition coefficient (Wildman–Crippen LogP) is 1.43. The van der Waals surface area contributed by atoms with Gasteiger partial charge in [0.2, 0.25) is 5.91 Å². The highest BCUT2D eigenvalue weighted by atomic mass is 16.5. The maximum Gasteiger partial charge on any atom is 0.216 e. The lowest BCUT2D eigenvalue weighted by Gasteiger charge is -2.07. The summed E-state index contributed by atoms with van der Waals surface area (Å²) in [6.07, 6.45) is 1.10. The van der Waals surface area contributed by atoms with Gasteiger partial charge in [-0.2, -0.15) is 0 Å². The zero-order valence-electron chi connectivity index (χ0n) is 8.14. The predicted molar refractivity (Wildman–Crippen MR) is 51.5 cm³/mol. The lowest BCUT2D eigenvalue weighted by molar-refractivity contribution is -0.118. The van der Waals surface area contributed by atoms with Crippen molar-refractivity contribution in [2.75, 3.05) is 6.54 Å². The van der Waals surface area contributed by atoms with Gasteiger partial charge in [0.15, 0.2) is 5.90 Å². The molecule has 0 spiro atoms. The Hall–Kier alpha value is -1.32. The molecular formula is C9H16N2O2. The van der Waals surface area contributed by atoms with E-state index in [2.05, 4.69) is 11.9 Å². The van der Waals surface area contributed by atoms with E-state index < -0.39 is 0 Å². The second kappa shape index (κ2) is 6.22. The first-order valence-corrected chi connectivity index (χ1v) is 4.23. The maximum absolute atomic E-state index is 10.5. The standard InChI is InChI=1S/C9H16N2O2/c1-4-7(2)13-9(10)5-6-11-8(3)12/h10H,2,4-6H2,1,3H3,(H,11,12). The highest BCUT2D eigenvalue weighted by Gasteiger charge is 2.00. The van der Waals surface area contributed by atoms with Crippen LogP contribution in [-0.4, -0.2) is 18.3 Å². The molecule has 0 saturated heterocycles. The summed E-state index contributed by atoms with van der Waals surface area (Å²) in [5, 5.41) is 9.91. The number of hydrogen-bond donors (Lipinski definition) is 2. The molecule has 4 heteroatoms. The third kappa shape index (κ3) is 7.05. The molecule has 0 aromatic carbocycles. The van der Waals surface area contributed by atoms with Gasteiger partial charge in [-0.15, -0.1) is 0 Å². The molecule has 0 aliphatic rings. The van der Waals surface area contributed by atoms with E-state index >= 15 is 0 Å². The third-order valence-electron chi connectivity index (χ3n) is 1.39. The van der Waals surface area contributed by atoms with Crippen molar-refractivity contribution >= 4 is 11.8 Å². The van der Waals surface area contributed by atoms with Gasteiger partial charge in [-0.25, -0.2) is 0 Å². The Balaban J connectivity index is 3.52. The minimum Gasteiger partial charge on any atom is -0.449 e. The molecule has 0 aliphatic heterocycles. The van der Waals surface area contributed by atoms with Crippen LogP contribution in [0.25, 0.3) is 0 Å². The number of allylic oxidation sites excluding steroid dienone is 1. The zero-order chi connectivity index (χ0) is 10.3. The van der Waals surface area contributed by atoms with Crippen LogP contribution in [-0.2, 0) is 9.53 Å². The van der Waals surface area contributed by atoms with Gasteiger partial charge in [-0.1, -0.05) is 13.5 Å². The van der Waals surface area contributed by atoms with Gasteiger partial charge in [-0.3, -0.25) is 10.2 Å². The molecule has 0 saturated carbocycles. The highest BCUT2D eigenvalue weighted by Crippen LogP contribution is 2.00. The lowest BCUT2D eigenvalue weighted by Crippen LogP contribution is -2.23. The number of rotatable bonds is 5. The summed E-state index contributed by atoms with van der Waals surface area (Å²) in [7, 11) is 0. The molecule has 0 aliphatic carbocycles. The molecule has 74 valence electrons. The van der Waals surface area contributed by atoms with Gasteiger partial charge in [0.1, 0.15) is 0 Å². The molecule has 0 radical (unpaired) electrons. The number of carbonyl (C=O) groups excluding carboxylic acids is 1. The zero-order valence-corrected chi connectivity index (χ0v) is 8.14. The van der Waals surface area contributed by atoms with Crippen LogP contribution < -0.4 is 5.32 Å². The van der Waals surface area contributed by atoms with Gasteiger partial charge in [-0.05, 0) is 0 Å². The molecule has 0 aromatic heterocycles. The van der Waals surface area contributed by atoms with E-state index in [4.69, 9.17) is 10.1 Å². The Morgan fingerprint density at radius 1 is 1.62 bits per heavy atom. The van der Waals surface area contributed by atoms with E-state index in [1.807, 2.05) is 6.92 Å². The molecule has 0 heterocycles. The van der Waals surface area contributed by atoms with Crippen molar-refractivity contribution in [1.29, 1.82) is 5.41 Å². The third-order valence-corrected chi connectivity index (χ3v) is 1.39. The highest BCUT2D eigenvalue weighted by molar-refractivity contribution is 5.76. The summed E-state index contributed by atoms with van der Waals surface area (Å²) in [6.45, 7) is 7.39. The van der Waals surface area contributed by atoms with Crippen LogP contribution in [0.5, 0.6) is 0 Å². The van der Waals surface area contributed by atoms with Gasteiger partial charge in [0.05, 0.1) is 5.76 Å². The number of nitrogens with one attached hydrogen (secondary N) is 2. The molecule has 13 heavy (non-hydrogen) atoms. The van der Waals surface area contributed by atoms with E-state index in [0.717, 1.165) is 0 Å². The van der Waals surface area contributed by atoms with Crippen molar-refractivity contribution in [3.63, 3.8) is 0 Å². The average Bonchev–Trinajstić information content (AvgIpc) is 2.03. The fourth-order valence-corrected chi connectivity index (χ4v) is 0.649. The van der Waals surface area contributed by atoms with Crippen LogP contribution in [0.2, 0.25) is 0 Å². The smallest absolute Gasteiger partial charge is 0.216 e. The second-order valence-corrected chi connectivity index (χ2v) is 2.65. The van der Waals surface area contributed by atoms with Crippen molar-refractivity contribution in [3.8, 4) is 0 Å². The molecule has 0 fully saturated rings. The quantitative estimate of drug-likeness (QED) is 0.385. The first-order valence-electron chi connectivity index (χ1n) is 4.23. The van der Waals surface area contributed by atoms with E-state index in [-0.39, 0.29) is 11.8 Å². The minimum atomic E-state index is -0.0953. The summed E-state index contributed by atoms with van der Waals surface area (Å²) in [4.78, 5) is 10.5. The monoisotopic (exact) mass is 184 g/mol. The molecule has 2 N–H and O–H groups in total. The Kier molecular flexibility index (Phi) is 5.59. The maximum atomic E-state index is 10.5. The molecule has 0 rings (SSSR count). The SMILES string of the molecule is C=C(CC)OC(=N)CCNC(C)=O. The lowest BCUT2D eigenvalue weighted by atomic mass is 10.4. The molecule has 0 bridgehead atoms. The topological polar surface area (TPSA) is 62.2 Å². The summed E-state index contributed by atoms with van der Waals surface area (Å²) >= 11 is 0. The van der Waals surface area contributed by atoms with Crippen LogP contribution >= 0.6 is 0 Å². The van der Waals surface area contributed by atoms with Crippen LogP contribution in [0.15, 0.2) is 12.3 Å². The van der Waals surface area contributed by atoms with E-state index in [1.54, 1.807) is 0 Å². The summed E-state index contributed by atoms with van der Waals surface area (Å²) < 4.78 is 5.02. The molecule has 4 nitrogen and oxygen atoms in total. The van der Waals surface area contributed by atoms with Gasteiger partial charge in [0, 0.05) is 26.3 Å². The van der Waals surface area contributed by atoms with Gasteiger partial charge >= 0.3 is 0 Å². The van der Waals surface area contributed by atoms with Crippen LogP contribution in [0.3, 0.4) is 0 Å². The number of hydrogen-bond acceptors (Lipinski definition) is 3. The first kappa shape index (κ1) is 11.7. The fourth-order valence-electron chi connectivity index (χ4n) is 0.649. The molecule has 0 aromatic rings. The largest absolute Gasteiger partial charge is 0.449 e. The number of ether oxygens (including phenoxy) is 1. The van der Waals surface area contributed by atoms with Crippen molar-refractivity contribution < 1.29 is 9.53 Å². The van der Waals surface area contributed by atoms with E-state index in [1.165, 1.54) is 6.92 Å². The van der Waals surface area contributed by atoms with Crippen molar-refractivity contribution in [2.45, 2.75) is 26.7 Å². The Labute approximate surface area is 78.5 Å². The number of amides is 1. The van der Waals surface area contributed by atoms with Crippen LogP contribution in [0.1, 0.15) is 26.7 Å². The van der Waals surface area contributed by atoms with Crippen molar-refractivity contribution in [1.82, 2.24) is 5.32 Å². The molecule has 0 atom stereocenters. The van der Waals surface area contributed by atoms with Crippen LogP contribution in [0.4, 0.5) is 0 Å². The van der Waals surface area contributed by atoms with Gasteiger partial charge in [0.25, 0.3) is 0 Å². The molecule has 1 amide bonds. The van der Waals surface area contributed by atoms with E-state index in [0.29, 0.717) is 25.1 Å². The van der Waals surface area contributed by atoms with E-state index in [9.17, 15) is 4.79 Å². The normalized spacial score (nSPS) is 9.08. The Morgan fingerprint density at radius 3 is 2.69 bits per heavy atom. The molecular weight excluding hydrogens is 168 g/mol. The Morgan fingerprint density at radius 2 is 2.23 bits per heavy atom. The second-order valence-electron chi connectivity index (χ2n) is 2.65.